The van der Waals surface area contributed by atoms with Crippen LogP contribution in [0.1, 0.15) is 34.3 Å². The van der Waals surface area contributed by atoms with Crippen LogP contribution in [0.25, 0.3) is 21.8 Å². The fourth-order valence-electron chi connectivity index (χ4n) is 6.68. The average molecular weight is 578 g/mol. The van der Waals surface area contributed by atoms with Crippen molar-refractivity contribution in [1.29, 1.82) is 0 Å². The standard InChI is InChI=1S/C31H23N5O5S/c1-13-6-24-18(31-19(28(31)38)12-32-27(13)31)11-25(42-24)26(37)22-9-14-7-16(2-4-20(14)35-22)33-29(39)23-10-15-8-17(34-30(40)41)3-5-21(15)36-23/h2-5,7-13,24-25,34-36H,6H2,1H3,(H,33,39)(H,40,41)/t13-,24+,25?,31?/m1/s1. The lowest BCUT2D eigenvalue weighted by atomic mass is 9.73. The molecule has 1 spiro atoms. The summed E-state index contributed by atoms with van der Waals surface area (Å²) in [5.41, 5.74) is 5.31. The van der Waals surface area contributed by atoms with Gasteiger partial charge in [-0.25, -0.2) is 4.79 Å². The van der Waals surface area contributed by atoms with Gasteiger partial charge in [0.2, 0.25) is 0 Å². The summed E-state index contributed by atoms with van der Waals surface area (Å²) >= 11 is 1.61. The average Bonchev–Trinajstić information content (AvgIpc) is 3.57. The first-order valence-corrected chi connectivity index (χ1v) is 14.5. The highest BCUT2D eigenvalue weighted by atomic mass is 32.2. The first-order chi connectivity index (χ1) is 20.2. The molecule has 2 aliphatic carbocycles. The van der Waals surface area contributed by atoms with Crippen LogP contribution < -0.4 is 10.6 Å². The predicted molar refractivity (Wildman–Crippen MR) is 161 cm³/mol. The van der Waals surface area contributed by atoms with Gasteiger partial charge in [-0.1, -0.05) is 13.0 Å². The fourth-order valence-corrected chi connectivity index (χ4v) is 8.31. The number of carbonyl (C=O) groups excluding carboxylic acids is 3. The molecule has 8 rings (SSSR count). The van der Waals surface area contributed by atoms with E-state index in [0.717, 1.165) is 34.2 Å². The number of benzene rings is 2. The molecule has 42 heavy (non-hydrogen) atoms. The predicted octanol–water partition coefficient (Wildman–Crippen LogP) is 5.53. The van der Waals surface area contributed by atoms with Gasteiger partial charge in [0.1, 0.15) is 11.1 Å². The van der Waals surface area contributed by atoms with Crippen molar-refractivity contribution in [3.8, 4) is 0 Å². The third-order valence-corrected chi connectivity index (χ3v) is 10.0. The summed E-state index contributed by atoms with van der Waals surface area (Å²) in [6.07, 6.45) is 3.39. The SMILES string of the molecule is C[C@@H]1C[C@@H]2SC(C(=O)c3cc4cc(NC(=O)c5cc6cc(NC(=O)O)ccc6[nH]5)ccc4[nH]3)C=C2C23C(=O)C2=CN=C13. The van der Waals surface area contributed by atoms with Crippen molar-refractivity contribution in [3.05, 3.63) is 83.3 Å². The van der Waals surface area contributed by atoms with Crippen molar-refractivity contribution < 1.29 is 24.3 Å². The highest BCUT2D eigenvalue weighted by molar-refractivity contribution is 8.01. The Morgan fingerprint density at radius 2 is 1.64 bits per heavy atom. The van der Waals surface area contributed by atoms with Crippen LogP contribution in [-0.4, -0.2) is 54.9 Å². The van der Waals surface area contributed by atoms with Gasteiger partial charge in [0.15, 0.2) is 11.6 Å². The number of Topliss-reactive ketones (excluding diaryl/α,β-unsaturated/α-hetero) is 2. The molecule has 2 aromatic carbocycles. The highest BCUT2D eigenvalue weighted by Gasteiger charge is 2.72. The van der Waals surface area contributed by atoms with Crippen LogP contribution in [0.3, 0.4) is 0 Å². The second-order valence-corrected chi connectivity index (χ2v) is 12.5. The Labute approximate surface area is 242 Å². The summed E-state index contributed by atoms with van der Waals surface area (Å²) in [6, 6.07) is 13.8. The molecule has 2 fully saturated rings. The van der Waals surface area contributed by atoms with Crippen LogP contribution in [0.15, 0.2) is 76.9 Å². The van der Waals surface area contributed by atoms with Crippen molar-refractivity contribution in [1.82, 2.24) is 9.97 Å². The number of aromatic amines is 2. The van der Waals surface area contributed by atoms with Crippen LogP contribution in [0.4, 0.5) is 16.2 Å². The number of nitrogens with zero attached hydrogens (tertiary/aromatic N) is 1. The van der Waals surface area contributed by atoms with E-state index >= 15 is 0 Å². The van der Waals surface area contributed by atoms with E-state index in [1.165, 1.54) is 0 Å². The van der Waals surface area contributed by atoms with Gasteiger partial charge in [0, 0.05) is 55.9 Å². The Kier molecular flexibility index (Phi) is 5.06. The number of aromatic nitrogens is 2. The lowest BCUT2D eigenvalue weighted by Crippen LogP contribution is -2.36. The van der Waals surface area contributed by atoms with E-state index in [2.05, 4.69) is 32.5 Å². The Bertz CT molecular complexity index is 2030. The molecule has 2 amide bonds. The number of carbonyl (C=O) groups is 4. The van der Waals surface area contributed by atoms with E-state index in [4.69, 9.17) is 5.11 Å². The van der Waals surface area contributed by atoms with Gasteiger partial charge in [-0.3, -0.25) is 24.7 Å². The number of H-pyrrole nitrogens is 2. The Morgan fingerprint density at radius 1 is 0.976 bits per heavy atom. The maximum Gasteiger partial charge on any atom is 0.409 e. The number of ketones is 2. The van der Waals surface area contributed by atoms with Gasteiger partial charge in [-0.15, -0.1) is 11.8 Å². The number of allylic oxidation sites excluding steroid dienone is 1. The second-order valence-electron chi connectivity index (χ2n) is 11.2. The van der Waals surface area contributed by atoms with Gasteiger partial charge >= 0.3 is 6.09 Å². The van der Waals surface area contributed by atoms with Crippen molar-refractivity contribution in [2.45, 2.75) is 23.8 Å². The smallest absolute Gasteiger partial charge is 0.409 e. The fraction of sp³-hybridized carbons (Fsp3) is 0.194. The van der Waals surface area contributed by atoms with E-state index in [9.17, 15) is 19.2 Å². The van der Waals surface area contributed by atoms with Gasteiger partial charge in [-0.2, -0.15) is 0 Å². The van der Waals surface area contributed by atoms with Gasteiger partial charge in [-0.05, 0) is 66.4 Å². The molecule has 4 aliphatic rings. The van der Waals surface area contributed by atoms with Gasteiger partial charge in [0.05, 0.1) is 10.9 Å². The molecule has 0 radical (unpaired) electrons. The van der Waals surface area contributed by atoms with Crippen LogP contribution in [0.5, 0.6) is 0 Å². The number of carboxylic acid groups (broad SMARTS) is 1. The minimum absolute atomic E-state index is 0.0438. The van der Waals surface area contributed by atoms with E-state index in [0.29, 0.717) is 33.7 Å². The molecule has 5 N–H and O–H groups in total. The Morgan fingerprint density at radius 3 is 2.33 bits per heavy atom. The molecule has 10 nitrogen and oxygen atoms in total. The number of aliphatic imine (C=N–C) groups is 1. The zero-order valence-electron chi connectivity index (χ0n) is 22.1. The third kappa shape index (κ3) is 3.49. The van der Waals surface area contributed by atoms with E-state index in [1.54, 1.807) is 60.4 Å². The lowest BCUT2D eigenvalue weighted by molar-refractivity contribution is -0.110. The Balaban J connectivity index is 1.01. The summed E-state index contributed by atoms with van der Waals surface area (Å²) in [4.78, 5) is 61.1. The number of hydrogen-bond acceptors (Lipinski definition) is 6. The van der Waals surface area contributed by atoms with Gasteiger partial charge < -0.3 is 20.4 Å². The van der Waals surface area contributed by atoms with Crippen LogP contribution in [0, 0.1) is 11.3 Å². The number of hydrogen-bond donors (Lipinski definition) is 5. The highest BCUT2D eigenvalue weighted by Crippen LogP contribution is 2.66. The van der Waals surface area contributed by atoms with Crippen molar-refractivity contribution >= 4 is 74.2 Å². The number of thioether (sulfide) groups is 1. The maximum atomic E-state index is 13.6. The van der Waals surface area contributed by atoms with Crippen LogP contribution in [0.2, 0.25) is 0 Å². The van der Waals surface area contributed by atoms with Gasteiger partial charge in [0.25, 0.3) is 5.91 Å². The second kappa shape index (κ2) is 8.56. The number of amides is 2. The largest absolute Gasteiger partial charge is 0.465 e. The summed E-state index contributed by atoms with van der Waals surface area (Å²) in [6.45, 7) is 2.11. The number of anilines is 2. The van der Waals surface area contributed by atoms with Crippen LogP contribution in [-0.2, 0) is 4.79 Å². The first-order valence-electron chi connectivity index (χ1n) is 13.5. The quantitative estimate of drug-likeness (QED) is 0.155. The minimum Gasteiger partial charge on any atom is -0.465 e. The number of rotatable bonds is 5. The summed E-state index contributed by atoms with van der Waals surface area (Å²) in [5.74, 6) is -0.0615. The molecule has 4 atom stereocenters. The molecule has 2 saturated carbocycles. The summed E-state index contributed by atoms with van der Waals surface area (Å²) in [7, 11) is 0. The zero-order valence-corrected chi connectivity index (χ0v) is 23.0. The third-order valence-electron chi connectivity index (χ3n) is 8.62. The molecule has 0 bridgehead atoms. The molecule has 2 unspecified atom stereocenters. The molecule has 11 heteroatoms. The molecule has 2 aliphatic heterocycles. The van der Waals surface area contributed by atoms with Crippen molar-refractivity contribution in [2.24, 2.45) is 16.3 Å². The first kappa shape index (κ1) is 24.9. The van der Waals surface area contributed by atoms with E-state index in [-0.39, 0.29) is 33.9 Å². The minimum atomic E-state index is -1.16. The van der Waals surface area contributed by atoms with E-state index < -0.39 is 11.5 Å². The zero-order chi connectivity index (χ0) is 28.9. The molecule has 208 valence electrons. The maximum absolute atomic E-state index is 13.6. The molecule has 0 saturated heterocycles. The topological polar surface area (TPSA) is 157 Å². The normalized spacial score (nSPS) is 25.3. The molecule has 4 heterocycles. The molecule has 4 aromatic rings. The molecular weight excluding hydrogens is 554 g/mol. The van der Waals surface area contributed by atoms with Crippen molar-refractivity contribution in [3.63, 3.8) is 0 Å². The van der Waals surface area contributed by atoms with Crippen molar-refractivity contribution in [2.75, 3.05) is 10.6 Å². The van der Waals surface area contributed by atoms with E-state index in [1.807, 2.05) is 12.1 Å². The molecule has 2 aromatic heterocycles. The lowest BCUT2D eigenvalue weighted by Gasteiger charge is -2.32. The van der Waals surface area contributed by atoms with Crippen LogP contribution >= 0.6 is 11.8 Å². The summed E-state index contributed by atoms with van der Waals surface area (Å²) in [5, 5.41) is 15.3. The number of nitrogens with one attached hydrogen (secondary N) is 4. The monoisotopic (exact) mass is 577 g/mol. The number of fused-ring (bicyclic) bond motifs is 3. The molecular formula is C31H23N5O5S. The summed E-state index contributed by atoms with van der Waals surface area (Å²) < 4.78 is 0. The Hall–Kier alpha value is -4.90.